The zero-order valence-electron chi connectivity index (χ0n) is 16.4. The molecule has 0 aliphatic heterocycles. The number of para-hydroxylation sites is 1. The van der Waals surface area contributed by atoms with Crippen LogP contribution in [0.15, 0.2) is 77.9 Å². The molecule has 0 aliphatic carbocycles. The molecule has 0 aliphatic rings. The van der Waals surface area contributed by atoms with Crippen LogP contribution in [0.4, 0.5) is 11.4 Å². The van der Waals surface area contributed by atoms with Gasteiger partial charge in [-0.2, -0.15) is 5.10 Å². The van der Waals surface area contributed by atoms with Gasteiger partial charge in [0.1, 0.15) is 0 Å². The van der Waals surface area contributed by atoms with Gasteiger partial charge in [-0.05, 0) is 55.0 Å². The van der Waals surface area contributed by atoms with Crippen LogP contribution in [0.25, 0.3) is 0 Å². The minimum absolute atomic E-state index is 0.117. The molecule has 1 amide bonds. The first-order valence-corrected chi connectivity index (χ1v) is 9.15. The molecule has 0 atom stereocenters. The average Bonchev–Trinajstić information content (AvgIpc) is 2.75. The van der Waals surface area contributed by atoms with Gasteiger partial charge in [-0.15, -0.1) is 0 Å². The average molecular weight is 389 g/mol. The Labute approximate surface area is 170 Å². The van der Waals surface area contributed by atoms with E-state index in [0.29, 0.717) is 11.5 Å². The van der Waals surface area contributed by atoms with E-state index in [0.717, 1.165) is 16.9 Å². The molecule has 29 heavy (non-hydrogen) atoms. The third-order valence-corrected chi connectivity index (χ3v) is 4.06. The topological polar surface area (TPSA) is 71.9 Å². The highest BCUT2D eigenvalue weighted by atomic mass is 16.5. The lowest BCUT2D eigenvalue weighted by Crippen LogP contribution is -2.20. The fourth-order valence-corrected chi connectivity index (χ4v) is 2.56. The predicted octanol–water partition coefficient (Wildman–Crippen LogP) is 4.47. The Balaban J connectivity index is 1.57. The minimum atomic E-state index is -0.244. The van der Waals surface area contributed by atoms with E-state index < -0.39 is 0 Å². The summed E-state index contributed by atoms with van der Waals surface area (Å²) in [5.74, 6) is 0.766. The summed E-state index contributed by atoms with van der Waals surface area (Å²) in [5, 5.41) is 7.01. The molecular formula is C23H23N3O3. The molecule has 0 radical (unpaired) electrons. The molecule has 2 N–H and O–H groups in total. The highest BCUT2D eigenvalue weighted by Gasteiger charge is 2.08. The van der Waals surface area contributed by atoms with Crippen molar-refractivity contribution in [1.29, 1.82) is 0 Å². The lowest BCUT2D eigenvalue weighted by molar-refractivity contribution is -0.118. The number of aryl methyl sites for hydroxylation is 1. The maximum atomic E-state index is 12.0. The lowest BCUT2D eigenvalue weighted by atomic mass is 10.2. The Morgan fingerprint density at radius 2 is 1.72 bits per heavy atom. The summed E-state index contributed by atoms with van der Waals surface area (Å²) < 4.78 is 11.0. The number of nitrogens with zero attached hydrogens (tertiary/aromatic N) is 1. The van der Waals surface area contributed by atoms with Crippen LogP contribution in [0.2, 0.25) is 0 Å². The number of nitrogens with one attached hydrogen (secondary N) is 2. The highest BCUT2D eigenvalue weighted by molar-refractivity contribution is 5.91. The molecular weight excluding hydrogens is 366 g/mol. The fraction of sp³-hybridized carbons (Fsp3) is 0.130. The number of methoxy groups -OCH3 is 1. The van der Waals surface area contributed by atoms with E-state index in [9.17, 15) is 4.79 Å². The SMILES string of the molecule is COc1cc(C=NNc2ccc(C)cc2)ccc1OCC(=O)Nc1ccccc1. The second kappa shape index (κ2) is 9.94. The van der Waals surface area contributed by atoms with Gasteiger partial charge in [0.05, 0.1) is 19.0 Å². The summed E-state index contributed by atoms with van der Waals surface area (Å²) >= 11 is 0. The maximum absolute atomic E-state index is 12.0. The van der Waals surface area contributed by atoms with Crippen molar-refractivity contribution >= 4 is 23.5 Å². The zero-order chi connectivity index (χ0) is 20.5. The third kappa shape index (κ3) is 6.10. The van der Waals surface area contributed by atoms with Crippen molar-refractivity contribution in [3.8, 4) is 11.5 Å². The Morgan fingerprint density at radius 3 is 2.45 bits per heavy atom. The Hall–Kier alpha value is -3.80. The van der Waals surface area contributed by atoms with Crippen LogP contribution in [0.1, 0.15) is 11.1 Å². The van der Waals surface area contributed by atoms with Gasteiger partial charge in [0.2, 0.25) is 0 Å². The van der Waals surface area contributed by atoms with Crippen LogP contribution in [-0.2, 0) is 4.79 Å². The molecule has 0 fully saturated rings. The van der Waals surface area contributed by atoms with E-state index in [4.69, 9.17) is 9.47 Å². The van der Waals surface area contributed by atoms with Crippen molar-refractivity contribution in [2.45, 2.75) is 6.92 Å². The highest BCUT2D eigenvalue weighted by Crippen LogP contribution is 2.27. The maximum Gasteiger partial charge on any atom is 0.262 e. The summed E-state index contributed by atoms with van der Waals surface area (Å²) in [6.45, 7) is 1.92. The van der Waals surface area contributed by atoms with E-state index in [1.54, 1.807) is 25.5 Å². The van der Waals surface area contributed by atoms with Crippen molar-refractivity contribution in [2.24, 2.45) is 5.10 Å². The normalized spacial score (nSPS) is 10.6. The fourth-order valence-electron chi connectivity index (χ4n) is 2.56. The van der Waals surface area contributed by atoms with Gasteiger partial charge in [0.15, 0.2) is 18.1 Å². The molecule has 3 rings (SSSR count). The molecule has 0 spiro atoms. The minimum Gasteiger partial charge on any atom is -0.493 e. The second-order valence-electron chi connectivity index (χ2n) is 6.35. The third-order valence-electron chi connectivity index (χ3n) is 4.06. The number of benzene rings is 3. The summed E-state index contributed by atoms with van der Waals surface area (Å²) in [7, 11) is 1.55. The number of carbonyl (C=O) groups is 1. The van der Waals surface area contributed by atoms with Gasteiger partial charge in [-0.25, -0.2) is 0 Å². The van der Waals surface area contributed by atoms with Crippen molar-refractivity contribution in [3.63, 3.8) is 0 Å². The van der Waals surface area contributed by atoms with Crippen LogP contribution in [-0.4, -0.2) is 25.8 Å². The Morgan fingerprint density at radius 1 is 0.966 bits per heavy atom. The van der Waals surface area contributed by atoms with E-state index in [-0.39, 0.29) is 12.5 Å². The number of anilines is 2. The number of hydrogen-bond acceptors (Lipinski definition) is 5. The molecule has 0 unspecified atom stereocenters. The van der Waals surface area contributed by atoms with Crippen LogP contribution in [0, 0.1) is 6.92 Å². The van der Waals surface area contributed by atoms with Crippen LogP contribution >= 0.6 is 0 Å². The van der Waals surface area contributed by atoms with Crippen LogP contribution < -0.4 is 20.2 Å². The predicted molar refractivity (Wildman–Crippen MR) is 116 cm³/mol. The van der Waals surface area contributed by atoms with E-state index >= 15 is 0 Å². The van der Waals surface area contributed by atoms with Gasteiger partial charge >= 0.3 is 0 Å². The van der Waals surface area contributed by atoms with Crippen molar-refractivity contribution in [1.82, 2.24) is 0 Å². The quantitative estimate of drug-likeness (QED) is 0.441. The van der Waals surface area contributed by atoms with Crippen LogP contribution in [0.5, 0.6) is 11.5 Å². The number of rotatable bonds is 8. The van der Waals surface area contributed by atoms with Crippen molar-refractivity contribution in [2.75, 3.05) is 24.5 Å². The van der Waals surface area contributed by atoms with E-state index in [2.05, 4.69) is 15.8 Å². The number of carbonyl (C=O) groups excluding carboxylic acids is 1. The smallest absolute Gasteiger partial charge is 0.262 e. The van der Waals surface area contributed by atoms with Gasteiger partial charge in [-0.3, -0.25) is 10.2 Å². The summed E-state index contributed by atoms with van der Waals surface area (Å²) in [5.41, 5.74) is 6.64. The molecule has 3 aromatic rings. The molecule has 0 aromatic heterocycles. The summed E-state index contributed by atoms with van der Waals surface area (Å²) in [6.07, 6.45) is 1.69. The van der Waals surface area contributed by atoms with Gasteiger partial charge in [0, 0.05) is 5.69 Å². The summed E-state index contributed by atoms with van der Waals surface area (Å²) in [4.78, 5) is 12.0. The van der Waals surface area contributed by atoms with E-state index in [1.807, 2.05) is 67.6 Å². The number of hydrazone groups is 1. The van der Waals surface area contributed by atoms with Gasteiger partial charge in [0.25, 0.3) is 5.91 Å². The standard InChI is InChI=1S/C23H23N3O3/c1-17-8-11-20(12-9-17)26-24-15-18-10-13-21(22(14-18)28-2)29-16-23(27)25-19-6-4-3-5-7-19/h3-15,26H,16H2,1-2H3,(H,25,27). The molecule has 6 nitrogen and oxygen atoms in total. The molecule has 0 heterocycles. The zero-order valence-corrected chi connectivity index (χ0v) is 16.4. The van der Waals surface area contributed by atoms with Crippen molar-refractivity contribution < 1.29 is 14.3 Å². The molecule has 6 heteroatoms. The Bertz CT molecular complexity index is 970. The van der Waals surface area contributed by atoms with Crippen molar-refractivity contribution in [3.05, 3.63) is 83.9 Å². The summed E-state index contributed by atoms with van der Waals surface area (Å²) in [6, 6.07) is 22.6. The molecule has 148 valence electrons. The monoisotopic (exact) mass is 389 g/mol. The first-order valence-electron chi connectivity index (χ1n) is 9.15. The van der Waals surface area contributed by atoms with Gasteiger partial charge in [-0.1, -0.05) is 35.9 Å². The number of amides is 1. The molecule has 0 saturated carbocycles. The van der Waals surface area contributed by atoms with Gasteiger partial charge < -0.3 is 14.8 Å². The lowest BCUT2D eigenvalue weighted by Gasteiger charge is -2.11. The van der Waals surface area contributed by atoms with Crippen LogP contribution in [0.3, 0.4) is 0 Å². The molecule has 3 aromatic carbocycles. The number of hydrogen-bond donors (Lipinski definition) is 2. The first kappa shape index (κ1) is 19.9. The molecule has 0 bridgehead atoms. The first-order chi connectivity index (χ1) is 14.1. The van der Waals surface area contributed by atoms with E-state index in [1.165, 1.54) is 5.56 Å². The second-order valence-corrected chi connectivity index (χ2v) is 6.35. The largest absolute Gasteiger partial charge is 0.493 e. The number of ether oxygens (including phenoxy) is 2. The Kier molecular flexibility index (Phi) is 6.84. The molecule has 0 saturated heterocycles.